The van der Waals surface area contributed by atoms with Crippen molar-refractivity contribution in [1.29, 1.82) is 0 Å². The summed E-state index contributed by atoms with van der Waals surface area (Å²) in [4.78, 5) is 12.2. The zero-order valence-electron chi connectivity index (χ0n) is 9.75. The monoisotopic (exact) mass is 259 g/mol. The summed E-state index contributed by atoms with van der Waals surface area (Å²) in [5.74, 6) is -0.319. The molecular weight excluding hydrogens is 249 g/mol. The summed E-state index contributed by atoms with van der Waals surface area (Å²) in [6, 6.07) is 5.93. The van der Waals surface area contributed by atoms with Gasteiger partial charge < -0.3 is 5.11 Å². The first kappa shape index (κ1) is 11.3. The van der Waals surface area contributed by atoms with Gasteiger partial charge in [0.15, 0.2) is 0 Å². The van der Waals surface area contributed by atoms with Gasteiger partial charge in [-0.05, 0) is 36.4 Å². The topological polar surface area (TPSA) is 55.8 Å². The van der Waals surface area contributed by atoms with Crippen molar-refractivity contribution in [1.82, 2.24) is 10.3 Å². The number of nitrogens with zero attached hydrogens (tertiary/aromatic N) is 2. The molecule has 1 amide bonds. The molecule has 19 heavy (non-hydrogen) atoms. The second-order valence-corrected chi connectivity index (χ2v) is 4.02. The van der Waals surface area contributed by atoms with Crippen molar-refractivity contribution in [2.75, 3.05) is 5.01 Å². The molecule has 96 valence electrons. The molecule has 0 aromatic heterocycles. The lowest BCUT2D eigenvalue weighted by atomic mass is 10.2. The van der Waals surface area contributed by atoms with Crippen molar-refractivity contribution in [2.45, 2.75) is 0 Å². The number of benzene rings is 1. The summed E-state index contributed by atoms with van der Waals surface area (Å²) >= 11 is 0. The maximum absolute atomic E-state index is 12.9. The summed E-state index contributed by atoms with van der Waals surface area (Å²) in [5, 5.41) is 10.8. The van der Waals surface area contributed by atoms with E-state index in [1.807, 2.05) is 0 Å². The molecule has 2 N–H and O–H groups in total. The highest BCUT2D eigenvalue weighted by Gasteiger charge is 2.29. The van der Waals surface area contributed by atoms with Crippen LogP contribution in [0.3, 0.4) is 0 Å². The third kappa shape index (κ3) is 1.83. The van der Waals surface area contributed by atoms with Gasteiger partial charge in [0, 0.05) is 12.4 Å². The average molecular weight is 259 g/mol. The third-order valence-electron chi connectivity index (χ3n) is 2.87. The van der Waals surface area contributed by atoms with Crippen LogP contribution in [0.5, 0.6) is 0 Å². The Bertz CT molecular complexity index is 619. The van der Waals surface area contributed by atoms with Crippen molar-refractivity contribution in [3.63, 3.8) is 0 Å². The number of nitrogens with one attached hydrogen (secondary N) is 1. The molecule has 3 rings (SSSR count). The van der Waals surface area contributed by atoms with E-state index in [0.717, 1.165) is 10.6 Å². The molecule has 0 spiro atoms. The Balaban J connectivity index is 1.93. The van der Waals surface area contributed by atoms with Crippen LogP contribution in [0.2, 0.25) is 0 Å². The summed E-state index contributed by atoms with van der Waals surface area (Å²) in [6.45, 7) is 0. The van der Waals surface area contributed by atoms with E-state index in [1.165, 1.54) is 18.3 Å². The second-order valence-electron chi connectivity index (χ2n) is 4.02. The SMILES string of the molecule is O=C(O)N1C=CC=C2C1=CNN2c1ccc(F)cc1. The fraction of sp³-hybridized carbons (Fsp3) is 0. The Morgan fingerprint density at radius 3 is 2.63 bits per heavy atom. The van der Waals surface area contributed by atoms with Crippen LogP contribution in [0.1, 0.15) is 0 Å². The van der Waals surface area contributed by atoms with Crippen molar-refractivity contribution in [3.8, 4) is 0 Å². The minimum Gasteiger partial charge on any atom is -0.464 e. The number of hydrogen-bond acceptors (Lipinski definition) is 3. The highest BCUT2D eigenvalue weighted by atomic mass is 19.1. The first-order valence-corrected chi connectivity index (χ1v) is 5.60. The molecule has 0 aliphatic carbocycles. The molecule has 0 bridgehead atoms. The molecule has 6 heteroatoms. The highest BCUT2D eigenvalue weighted by Crippen LogP contribution is 2.30. The zero-order chi connectivity index (χ0) is 13.4. The summed E-state index contributed by atoms with van der Waals surface area (Å²) < 4.78 is 12.9. The molecule has 5 nitrogen and oxygen atoms in total. The Kier molecular flexibility index (Phi) is 2.49. The van der Waals surface area contributed by atoms with Crippen LogP contribution in [0, 0.1) is 5.82 Å². The van der Waals surface area contributed by atoms with Gasteiger partial charge in [-0.2, -0.15) is 0 Å². The average Bonchev–Trinajstić information content (AvgIpc) is 2.83. The number of amides is 1. The molecule has 0 atom stereocenters. The number of anilines is 1. The molecule has 0 saturated heterocycles. The molecule has 1 aromatic rings. The molecule has 0 fully saturated rings. The van der Waals surface area contributed by atoms with E-state index in [2.05, 4.69) is 5.43 Å². The normalized spacial score (nSPS) is 16.7. The third-order valence-corrected chi connectivity index (χ3v) is 2.87. The number of hydrogen-bond donors (Lipinski definition) is 2. The lowest BCUT2D eigenvalue weighted by Gasteiger charge is -2.25. The van der Waals surface area contributed by atoms with Crippen molar-refractivity contribution in [2.24, 2.45) is 0 Å². The van der Waals surface area contributed by atoms with E-state index in [4.69, 9.17) is 5.11 Å². The zero-order valence-corrected chi connectivity index (χ0v) is 9.75. The van der Waals surface area contributed by atoms with Crippen LogP contribution in [-0.2, 0) is 0 Å². The summed E-state index contributed by atoms with van der Waals surface area (Å²) in [7, 11) is 0. The maximum atomic E-state index is 12.9. The molecule has 2 aliphatic rings. The van der Waals surface area contributed by atoms with Gasteiger partial charge in [0.1, 0.15) is 5.82 Å². The largest absolute Gasteiger partial charge is 0.464 e. The van der Waals surface area contributed by atoms with Crippen molar-refractivity contribution < 1.29 is 14.3 Å². The van der Waals surface area contributed by atoms with Gasteiger partial charge >= 0.3 is 6.09 Å². The van der Waals surface area contributed by atoms with Gasteiger partial charge in [-0.25, -0.2) is 14.1 Å². The number of halogens is 1. The molecule has 2 heterocycles. The van der Waals surface area contributed by atoms with Crippen LogP contribution >= 0.6 is 0 Å². The van der Waals surface area contributed by atoms with Crippen LogP contribution < -0.4 is 10.4 Å². The van der Waals surface area contributed by atoms with Crippen LogP contribution in [0.25, 0.3) is 0 Å². The molecule has 0 unspecified atom stereocenters. The van der Waals surface area contributed by atoms with E-state index in [1.54, 1.807) is 35.5 Å². The van der Waals surface area contributed by atoms with E-state index < -0.39 is 6.09 Å². The van der Waals surface area contributed by atoms with Crippen molar-refractivity contribution in [3.05, 3.63) is 66.0 Å². The van der Waals surface area contributed by atoms with Gasteiger partial charge in [-0.15, -0.1) is 0 Å². The molecule has 0 saturated carbocycles. The summed E-state index contributed by atoms with van der Waals surface area (Å²) in [5.41, 5.74) is 4.89. The summed E-state index contributed by atoms with van der Waals surface area (Å²) in [6.07, 6.45) is 5.43. The predicted octanol–water partition coefficient (Wildman–Crippen LogP) is 2.38. The highest BCUT2D eigenvalue weighted by molar-refractivity contribution is 5.74. The number of carboxylic acid groups (broad SMARTS) is 1. The lowest BCUT2D eigenvalue weighted by molar-refractivity contribution is 0.172. The quantitative estimate of drug-likeness (QED) is 0.813. The Hall–Kier alpha value is -2.76. The Morgan fingerprint density at radius 2 is 1.95 bits per heavy atom. The Morgan fingerprint density at radius 1 is 1.21 bits per heavy atom. The number of allylic oxidation sites excluding steroid dienone is 2. The first-order valence-electron chi connectivity index (χ1n) is 5.60. The van der Waals surface area contributed by atoms with Crippen LogP contribution in [0.15, 0.2) is 60.2 Å². The number of rotatable bonds is 1. The molecule has 0 radical (unpaired) electrons. The number of hydrazine groups is 1. The van der Waals surface area contributed by atoms with E-state index in [-0.39, 0.29) is 5.82 Å². The van der Waals surface area contributed by atoms with Gasteiger partial charge in [0.25, 0.3) is 0 Å². The number of fused-ring (bicyclic) bond motifs is 1. The van der Waals surface area contributed by atoms with E-state index >= 15 is 0 Å². The maximum Gasteiger partial charge on any atom is 0.416 e. The predicted molar refractivity (Wildman–Crippen MR) is 67.2 cm³/mol. The van der Waals surface area contributed by atoms with Gasteiger partial charge in [-0.1, -0.05) is 0 Å². The minimum atomic E-state index is -1.06. The lowest BCUT2D eigenvalue weighted by Crippen LogP contribution is -2.31. The first-order chi connectivity index (χ1) is 9.16. The van der Waals surface area contributed by atoms with Gasteiger partial charge in [0.05, 0.1) is 17.1 Å². The van der Waals surface area contributed by atoms with Crippen LogP contribution in [0.4, 0.5) is 14.9 Å². The fourth-order valence-electron chi connectivity index (χ4n) is 2.01. The fourth-order valence-corrected chi connectivity index (χ4v) is 2.01. The second kappa shape index (κ2) is 4.16. The van der Waals surface area contributed by atoms with Gasteiger partial charge in [-0.3, -0.25) is 10.4 Å². The molecule has 1 aromatic carbocycles. The molecule has 2 aliphatic heterocycles. The Labute approximate surface area is 108 Å². The van der Waals surface area contributed by atoms with Gasteiger partial charge in [0.2, 0.25) is 0 Å². The van der Waals surface area contributed by atoms with E-state index in [9.17, 15) is 9.18 Å². The minimum absolute atomic E-state index is 0.319. The number of carbonyl (C=O) groups is 1. The standard InChI is InChI=1S/C13H10FN3O2/c14-9-3-5-10(6-4-9)17-11-2-1-7-16(13(18)19)12(11)8-15-17/h1-8,15H,(H,18,19). The van der Waals surface area contributed by atoms with E-state index in [0.29, 0.717) is 11.4 Å². The molecular formula is C13H10FN3O2. The van der Waals surface area contributed by atoms with Crippen LogP contribution in [-0.4, -0.2) is 16.1 Å². The smallest absolute Gasteiger partial charge is 0.416 e. The van der Waals surface area contributed by atoms with Crippen molar-refractivity contribution >= 4 is 11.8 Å².